The normalized spacial score (nSPS) is 17.3. The average Bonchev–Trinajstić information content (AvgIpc) is 2.76. The van der Waals surface area contributed by atoms with E-state index >= 15 is 0 Å². The molecule has 0 aromatic heterocycles. The van der Waals surface area contributed by atoms with E-state index in [1.807, 2.05) is 18.2 Å². The molecule has 0 aliphatic heterocycles. The summed E-state index contributed by atoms with van der Waals surface area (Å²) in [6, 6.07) is 11.1. The van der Waals surface area contributed by atoms with Crippen molar-refractivity contribution in [2.45, 2.75) is 18.9 Å². The Balaban J connectivity index is 1.79. The van der Waals surface area contributed by atoms with Crippen LogP contribution in [0.25, 0.3) is 0 Å². The van der Waals surface area contributed by atoms with E-state index in [1.54, 1.807) is 18.2 Å². The van der Waals surface area contributed by atoms with Crippen LogP contribution in [0.3, 0.4) is 0 Å². The van der Waals surface area contributed by atoms with Crippen molar-refractivity contribution in [1.82, 2.24) is 0 Å². The monoisotopic (exact) mass is 295 g/mol. The lowest BCUT2D eigenvalue weighted by Gasteiger charge is -2.14. The van der Waals surface area contributed by atoms with Crippen molar-refractivity contribution in [3.05, 3.63) is 63.4 Å². The summed E-state index contributed by atoms with van der Waals surface area (Å²) in [6.07, 6.45) is 1.72. The highest BCUT2D eigenvalue weighted by molar-refractivity contribution is 6.31. The maximum Gasteiger partial charge on any atom is 0.164 e. The molecular weight excluding hydrogens is 284 g/mol. The molecule has 1 aliphatic rings. The lowest BCUT2D eigenvalue weighted by Crippen LogP contribution is -2.20. The topological polar surface area (TPSA) is 12.0 Å². The van der Waals surface area contributed by atoms with Crippen LogP contribution in [0, 0.1) is 5.82 Å². The van der Waals surface area contributed by atoms with Crippen LogP contribution in [-0.4, -0.2) is 6.04 Å². The van der Waals surface area contributed by atoms with Gasteiger partial charge in [0.2, 0.25) is 0 Å². The maximum atomic E-state index is 13.8. The van der Waals surface area contributed by atoms with E-state index in [0.29, 0.717) is 5.69 Å². The summed E-state index contributed by atoms with van der Waals surface area (Å²) in [4.78, 5) is 0. The lowest BCUT2D eigenvalue weighted by molar-refractivity contribution is 0.625. The van der Waals surface area contributed by atoms with Crippen molar-refractivity contribution >= 4 is 28.9 Å². The molecule has 1 atom stereocenters. The molecule has 1 nitrogen and oxygen atoms in total. The summed E-state index contributed by atoms with van der Waals surface area (Å²) in [5, 5.41) is 4.10. The van der Waals surface area contributed by atoms with Crippen molar-refractivity contribution < 1.29 is 4.39 Å². The Morgan fingerprint density at radius 1 is 1.05 bits per heavy atom. The lowest BCUT2D eigenvalue weighted by atomic mass is 10.1. The van der Waals surface area contributed by atoms with Gasteiger partial charge in [0.25, 0.3) is 0 Å². The second-order valence-electron chi connectivity index (χ2n) is 4.76. The molecule has 0 heterocycles. The van der Waals surface area contributed by atoms with Gasteiger partial charge in [0.1, 0.15) is 0 Å². The first-order valence-corrected chi connectivity index (χ1v) is 6.87. The minimum atomic E-state index is -0.391. The molecule has 98 valence electrons. The molecular formula is C15H12Cl2FN. The van der Waals surface area contributed by atoms with Gasteiger partial charge in [0.05, 0.1) is 10.7 Å². The van der Waals surface area contributed by atoms with Gasteiger partial charge < -0.3 is 5.32 Å². The summed E-state index contributed by atoms with van der Waals surface area (Å²) in [6.45, 7) is 0. The molecule has 1 N–H and O–H groups in total. The Morgan fingerprint density at radius 2 is 1.84 bits per heavy atom. The highest BCUT2D eigenvalue weighted by Crippen LogP contribution is 2.29. The number of hydrogen-bond acceptors (Lipinski definition) is 1. The van der Waals surface area contributed by atoms with E-state index in [9.17, 15) is 4.39 Å². The van der Waals surface area contributed by atoms with Gasteiger partial charge in [-0.25, -0.2) is 4.39 Å². The van der Waals surface area contributed by atoms with Crippen LogP contribution >= 0.6 is 23.2 Å². The molecule has 4 heteroatoms. The molecule has 3 rings (SSSR count). The van der Waals surface area contributed by atoms with Gasteiger partial charge in [-0.15, -0.1) is 0 Å². The van der Waals surface area contributed by atoms with Crippen molar-refractivity contribution in [2.24, 2.45) is 0 Å². The Bertz CT molecular complexity index is 628. The molecule has 0 bridgehead atoms. The fraction of sp³-hybridized carbons (Fsp3) is 0.200. The van der Waals surface area contributed by atoms with Crippen molar-refractivity contribution in [3.8, 4) is 0 Å². The number of hydrogen-bond donors (Lipinski definition) is 1. The van der Waals surface area contributed by atoms with Gasteiger partial charge in [-0.05, 0) is 48.2 Å². The van der Waals surface area contributed by atoms with E-state index in [1.165, 1.54) is 11.1 Å². The fourth-order valence-electron chi connectivity index (χ4n) is 2.52. The second-order valence-corrected chi connectivity index (χ2v) is 5.61. The predicted molar refractivity (Wildman–Crippen MR) is 77.7 cm³/mol. The maximum absolute atomic E-state index is 13.8. The third-order valence-corrected chi connectivity index (χ3v) is 3.94. The van der Waals surface area contributed by atoms with Crippen molar-refractivity contribution in [1.29, 1.82) is 0 Å². The van der Waals surface area contributed by atoms with Crippen molar-refractivity contribution in [3.63, 3.8) is 0 Å². The number of anilines is 1. The molecule has 0 saturated heterocycles. The van der Waals surface area contributed by atoms with Gasteiger partial charge >= 0.3 is 0 Å². The standard InChI is InChI=1S/C15H12Cl2FN/c16-11-5-4-9-7-12(8-10(9)6-11)19-14-3-1-2-13(17)15(14)18/h1-6,12,19H,7-8H2. The summed E-state index contributed by atoms with van der Waals surface area (Å²) < 4.78 is 13.8. The number of fused-ring (bicyclic) bond motifs is 1. The zero-order chi connectivity index (χ0) is 13.4. The number of rotatable bonds is 2. The summed E-state index contributed by atoms with van der Waals surface area (Å²) in [5.74, 6) is -0.391. The fourth-order valence-corrected chi connectivity index (χ4v) is 2.89. The molecule has 0 fully saturated rings. The van der Waals surface area contributed by atoms with Crippen LogP contribution in [0.4, 0.5) is 10.1 Å². The Labute approximate surface area is 121 Å². The Morgan fingerprint density at radius 3 is 2.68 bits per heavy atom. The third-order valence-electron chi connectivity index (χ3n) is 3.41. The van der Waals surface area contributed by atoms with Crippen LogP contribution in [-0.2, 0) is 12.8 Å². The van der Waals surface area contributed by atoms with E-state index in [4.69, 9.17) is 23.2 Å². The van der Waals surface area contributed by atoms with E-state index in [-0.39, 0.29) is 11.1 Å². The van der Waals surface area contributed by atoms with Gasteiger partial charge in [-0.1, -0.05) is 35.3 Å². The highest BCUT2D eigenvalue weighted by Gasteiger charge is 2.22. The smallest absolute Gasteiger partial charge is 0.164 e. The molecule has 0 spiro atoms. The number of nitrogens with one attached hydrogen (secondary N) is 1. The molecule has 1 aliphatic carbocycles. The Hall–Kier alpha value is -1.25. The first kappa shape index (κ1) is 12.8. The van der Waals surface area contributed by atoms with Crippen LogP contribution < -0.4 is 5.32 Å². The highest BCUT2D eigenvalue weighted by atomic mass is 35.5. The second kappa shape index (κ2) is 5.03. The number of halogens is 3. The van der Waals surface area contributed by atoms with E-state index < -0.39 is 5.82 Å². The molecule has 0 saturated carbocycles. The molecule has 19 heavy (non-hydrogen) atoms. The summed E-state index contributed by atoms with van der Waals surface area (Å²) in [7, 11) is 0. The average molecular weight is 296 g/mol. The van der Waals surface area contributed by atoms with E-state index in [0.717, 1.165) is 17.9 Å². The third kappa shape index (κ3) is 2.56. The Kier molecular flexibility index (Phi) is 3.38. The molecule has 0 radical (unpaired) electrons. The molecule has 2 aromatic carbocycles. The summed E-state index contributed by atoms with van der Waals surface area (Å²) >= 11 is 11.8. The predicted octanol–water partition coefficient (Wildman–Crippen LogP) is 4.71. The van der Waals surface area contributed by atoms with E-state index in [2.05, 4.69) is 5.32 Å². The zero-order valence-corrected chi connectivity index (χ0v) is 11.6. The van der Waals surface area contributed by atoms with Crippen LogP contribution in [0.2, 0.25) is 10.0 Å². The minimum absolute atomic E-state index is 0.142. The largest absolute Gasteiger partial charge is 0.379 e. The zero-order valence-electron chi connectivity index (χ0n) is 10.1. The first-order valence-electron chi connectivity index (χ1n) is 6.11. The van der Waals surface area contributed by atoms with Crippen LogP contribution in [0.5, 0.6) is 0 Å². The summed E-state index contributed by atoms with van der Waals surface area (Å²) in [5.41, 5.74) is 2.95. The van der Waals surface area contributed by atoms with Gasteiger partial charge in [0.15, 0.2) is 5.82 Å². The van der Waals surface area contributed by atoms with Gasteiger partial charge in [0, 0.05) is 11.1 Å². The van der Waals surface area contributed by atoms with Crippen molar-refractivity contribution in [2.75, 3.05) is 5.32 Å². The molecule has 2 aromatic rings. The molecule has 1 unspecified atom stereocenters. The van der Waals surface area contributed by atoms with Crippen LogP contribution in [0.15, 0.2) is 36.4 Å². The van der Waals surface area contributed by atoms with Crippen LogP contribution in [0.1, 0.15) is 11.1 Å². The number of benzene rings is 2. The van der Waals surface area contributed by atoms with Gasteiger partial charge in [-0.3, -0.25) is 0 Å². The van der Waals surface area contributed by atoms with Gasteiger partial charge in [-0.2, -0.15) is 0 Å². The first-order chi connectivity index (χ1) is 9.13. The molecule has 0 amide bonds. The minimum Gasteiger partial charge on any atom is -0.379 e. The SMILES string of the molecule is Fc1c(Cl)cccc1NC1Cc2ccc(Cl)cc2C1. The quantitative estimate of drug-likeness (QED) is 0.846.